The van der Waals surface area contributed by atoms with Crippen LogP contribution in [0.3, 0.4) is 0 Å². The standard InChI is InChI=1S/C21H30N2O3/c24-20(23-14-16-6-3-4-10-21(16)11-5-12-21)22-13-9-17-15-25-18-7-1-2-8-19(18)26-17/h1-2,7-8,16-17H,3-6,9-15H2,(H2,22,23,24). The van der Waals surface area contributed by atoms with Crippen molar-refractivity contribution in [3.05, 3.63) is 24.3 Å². The lowest BCUT2D eigenvalue weighted by molar-refractivity contribution is 0.00883. The molecule has 1 heterocycles. The lowest BCUT2D eigenvalue weighted by Gasteiger charge is -2.51. The van der Waals surface area contributed by atoms with Crippen molar-refractivity contribution in [3.8, 4) is 11.5 Å². The zero-order chi connectivity index (χ0) is 17.8. The number of benzene rings is 1. The van der Waals surface area contributed by atoms with Gasteiger partial charge in [0.15, 0.2) is 11.5 Å². The molecule has 5 heteroatoms. The molecule has 26 heavy (non-hydrogen) atoms. The van der Waals surface area contributed by atoms with Gasteiger partial charge in [-0.1, -0.05) is 31.4 Å². The van der Waals surface area contributed by atoms with E-state index in [1.165, 1.54) is 44.9 Å². The summed E-state index contributed by atoms with van der Waals surface area (Å²) in [5, 5.41) is 6.08. The second-order valence-corrected chi connectivity index (χ2v) is 8.08. The van der Waals surface area contributed by atoms with Crippen LogP contribution in [0.4, 0.5) is 4.79 Å². The van der Waals surface area contributed by atoms with Crippen molar-refractivity contribution in [2.24, 2.45) is 11.3 Å². The number of amides is 2. The molecule has 5 nitrogen and oxygen atoms in total. The van der Waals surface area contributed by atoms with Crippen LogP contribution in [0, 0.1) is 11.3 Å². The number of fused-ring (bicyclic) bond motifs is 1. The molecule has 2 saturated carbocycles. The summed E-state index contributed by atoms with van der Waals surface area (Å²) in [7, 11) is 0. The molecule has 4 rings (SSSR count). The largest absolute Gasteiger partial charge is 0.486 e. The van der Waals surface area contributed by atoms with Crippen LogP contribution in [-0.4, -0.2) is 31.8 Å². The second-order valence-electron chi connectivity index (χ2n) is 8.08. The van der Waals surface area contributed by atoms with Gasteiger partial charge in [0, 0.05) is 19.5 Å². The Balaban J connectivity index is 1.16. The molecule has 0 saturated heterocycles. The molecule has 2 N–H and O–H groups in total. The normalized spacial score (nSPS) is 26.0. The SMILES string of the molecule is O=C(NCCC1COc2ccccc2O1)NCC1CCCCC12CCC2. The van der Waals surface area contributed by atoms with Crippen LogP contribution < -0.4 is 20.1 Å². The topological polar surface area (TPSA) is 59.6 Å². The third kappa shape index (κ3) is 3.76. The van der Waals surface area contributed by atoms with E-state index in [9.17, 15) is 4.79 Å². The van der Waals surface area contributed by atoms with Gasteiger partial charge in [0.1, 0.15) is 12.7 Å². The molecule has 1 aliphatic heterocycles. The van der Waals surface area contributed by atoms with E-state index in [1.807, 2.05) is 24.3 Å². The first kappa shape index (κ1) is 17.5. The number of urea groups is 1. The highest BCUT2D eigenvalue weighted by Gasteiger charge is 2.44. The van der Waals surface area contributed by atoms with Gasteiger partial charge in [-0.25, -0.2) is 4.79 Å². The van der Waals surface area contributed by atoms with Gasteiger partial charge in [0.2, 0.25) is 0 Å². The minimum absolute atomic E-state index is 0.0122. The fourth-order valence-corrected chi connectivity index (χ4v) is 4.82. The molecule has 1 aromatic carbocycles. The second kappa shape index (κ2) is 7.77. The lowest BCUT2D eigenvalue weighted by Crippen LogP contribution is -2.47. The number of rotatable bonds is 5. The summed E-state index contributed by atoms with van der Waals surface area (Å²) in [6.07, 6.45) is 10.1. The van der Waals surface area contributed by atoms with Crippen LogP contribution in [0.25, 0.3) is 0 Å². The Kier molecular flexibility index (Phi) is 5.23. The van der Waals surface area contributed by atoms with Crippen LogP contribution in [-0.2, 0) is 0 Å². The summed E-state index contributed by atoms with van der Waals surface area (Å²) in [5.41, 5.74) is 0.548. The van der Waals surface area contributed by atoms with Crippen molar-refractivity contribution in [2.75, 3.05) is 19.7 Å². The van der Waals surface area contributed by atoms with E-state index in [1.54, 1.807) is 0 Å². The highest BCUT2D eigenvalue weighted by molar-refractivity contribution is 5.73. The molecular weight excluding hydrogens is 328 g/mol. The summed E-state index contributed by atoms with van der Waals surface area (Å²) < 4.78 is 11.6. The molecule has 3 aliphatic rings. The Morgan fingerprint density at radius 2 is 1.88 bits per heavy atom. The first-order valence-corrected chi connectivity index (χ1v) is 10.2. The first-order chi connectivity index (χ1) is 12.8. The molecule has 1 aromatic rings. The zero-order valence-electron chi connectivity index (χ0n) is 15.5. The van der Waals surface area contributed by atoms with E-state index < -0.39 is 0 Å². The van der Waals surface area contributed by atoms with Gasteiger partial charge in [-0.15, -0.1) is 0 Å². The summed E-state index contributed by atoms with van der Waals surface area (Å²) in [6, 6.07) is 7.66. The predicted octanol–water partition coefficient (Wildman–Crippen LogP) is 3.88. The van der Waals surface area contributed by atoms with Gasteiger partial charge in [-0.2, -0.15) is 0 Å². The maximum Gasteiger partial charge on any atom is 0.314 e. The van der Waals surface area contributed by atoms with Crippen molar-refractivity contribution < 1.29 is 14.3 Å². The minimum atomic E-state index is -0.0535. The number of carbonyl (C=O) groups is 1. The number of carbonyl (C=O) groups excluding carboxylic acids is 1. The van der Waals surface area contributed by atoms with Gasteiger partial charge < -0.3 is 20.1 Å². The number of ether oxygens (including phenoxy) is 2. The summed E-state index contributed by atoms with van der Waals surface area (Å²) in [4.78, 5) is 12.1. The van der Waals surface area contributed by atoms with E-state index in [2.05, 4.69) is 10.6 Å². The van der Waals surface area contributed by atoms with Crippen LogP contribution in [0.1, 0.15) is 51.4 Å². The maximum absolute atomic E-state index is 12.1. The Hall–Kier alpha value is -1.91. The Labute approximate surface area is 155 Å². The predicted molar refractivity (Wildman–Crippen MR) is 101 cm³/mol. The molecule has 142 valence electrons. The molecule has 2 aliphatic carbocycles. The summed E-state index contributed by atoms with van der Waals surface area (Å²) >= 11 is 0. The fourth-order valence-electron chi connectivity index (χ4n) is 4.82. The van der Waals surface area contributed by atoms with E-state index >= 15 is 0 Å². The molecule has 2 atom stereocenters. The van der Waals surface area contributed by atoms with Crippen LogP contribution in [0.15, 0.2) is 24.3 Å². The molecule has 2 fully saturated rings. The number of nitrogens with one attached hydrogen (secondary N) is 2. The Morgan fingerprint density at radius 1 is 1.08 bits per heavy atom. The fraction of sp³-hybridized carbons (Fsp3) is 0.667. The number of para-hydroxylation sites is 2. The minimum Gasteiger partial charge on any atom is -0.486 e. The Morgan fingerprint density at radius 3 is 2.69 bits per heavy atom. The molecule has 0 bridgehead atoms. The van der Waals surface area contributed by atoms with E-state index in [-0.39, 0.29) is 12.1 Å². The van der Waals surface area contributed by atoms with Crippen molar-refractivity contribution in [1.82, 2.24) is 10.6 Å². The lowest BCUT2D eigenvalue weighted by atomic mass is 9.55. The smallest absolute Gasteiger partial charge is 0.314 e. The van der Waals surface area contributed by atoms with Crippen molar-refractivity contribution in [2.45, 2.75) is 57.5 Å². The molecule has 0 radical (unpaired) electrons. The third-order valence-electron chi connectivity index (χ3n) is 6.52. The summed E-state index contributed by atoms with van der Waals surface area (Å²) in [6.45, 7) is 1.95. The van der Waals surface area contributed by atoms with Gasteiger partial charge in [-0.3, -0.25) is 0 Å². The average Bonchev–Trinajstić information content (AvgIpc) is 2.65. The zero-order valence-corrected chi connectivity index (χ0v) is 15.5. The highest BCUT2D eigenvalue weighted by atomic mass is 16.6. The van der Waals surface area contributed by atoms with Gasteiger partial charge in [0.25, 0.3) is 0 Å². The van der Waals surface area contributed by atoms with Crippen LogP contribution in [0.5, 0.6) is 11.5 Å². The quantitative estimate of drug-likeness (QED) is 0.840. The molecule has 0 aromatic heterocycles. The van der Waals surface area contributed by atoms with Gasteiger partial charge in [0.05, 0.1) is 0 Å². The van der Waals surface area contributed by atoms with E-state index in [0.717, 1.165) is 24.5 Å². The van der Waals surface area contributed by atoms with E-state index in [4.69, 9.17) is 9.47 Å². The van der Waals surface area contributed by atoms with Crippen molar-refractivity contribution in [1.29, 1.82) is 0 Å². The third-order valence-corrected chi connectivity index (χ3v) is 6.52. The van der Waals surface area contributed by atoms with Crippen LogP contribution in [0.2, 0.25) is 0 Å². The molecular formula is C21H30N2O3. The maximum atomic E-state index is 12.1. The summed E-state index contributed by atoms with van der Waals surface area (Å²) in [5.74, 6) is 2.26. The van der Waals surface area contributed by atoms with Gasteiger partial charge >= 0.3 is 6.03 Å². The van der Waals surface area contributed by atoms with Crippen LogP contribution >= 0.6 is 0 Å². The van der Waals surface area contributed by atoms with Gasteiger partial charge in [-0.05, 0) is 49.1 Å². The monoisotopic (exact) mass is 358 g/mol. The average molecular weight is 358 g/mol. The van der Waals surface area contributed by atoms with E-state index in [0.29, 0.717) is 24.5 Å². The Bertz CT molecular complexity index is 629. The van der Waals surface area contributed by atoms with Crippen molar-refractivity contribution in [3.63, 3.8) is 0 Å². The molecule has 1 spiro atoms. The first-order valence-electron chi connectivity index (χ1n) is 10.2. The number of hydrogen-bond acceptors (Lipinski definition) is 3. The van der Waals surface area contributed by atoms with Crippen molar-refractivity contribution >= 4 is 6.03 Å². The number of hydrogen-bond donors (Lipinski definition) is 2. The molecule has 2 amide bonds. The highest BCUT2D eigenvalue weighted by Crippen LogP contribution is 2.54. The molecule has 2 unspecified atom stereocenters.